The van der Waals surface area contributed by atoms with Crippen LogP contribution >= 0.6 is 11.8 Å². The van der Waals surface area contributed by atoms with Crippen LogP contribution in [0.2, 0.25) is 0 Å². The van der Waals surface area contributed by atoms with Crippen molar-refractivity contribution in [2.24, 2.45) is 0 Å². The Labute approximate surface area is 111 Å². The molecular weight excluding hydrogens is 250 g/mol. The maximum atomic E-state index is 10.6. The Morgan fingerprint density at radius 2 is 2.22 bits per heavy atom. The number of carboxylic acids is 1. The van der Waals surface area contributed by atoms with Crippen molar-refractivity contribution in [1.29, 1.82) is 0 Å². The number of anilines is 1. The first kappa shape index (κ1) is 13.2. The molecule has 1 aromatic heterocycles. The van der Waals surface area contributed by atoms with E-state index in [1.807, 2.05) is 11.8 Å². The second kappa shape index (κ2) is 6.61. The number of aromatic nitrogens is 1. The van der Waals surface area contributed by atoms with E-state index in [1.54, 1.807) is 12.3 Å². The number of hydrogen-bond donors (Lipinski definition) is 2. The fraction of sp³-hybridized carbons (Fsp3) is 0.500. The fourth-order valence-corrected chi connectivity index (χ4v) is 2.79. The summed E-state index contributed by atoms with van der Waals surface area (Å²) in [5.74, 6) is 1.44. The van der Waals surface area contributed by atoms with Gasteiger partial charge in [-0.05, 0) is 12.1 Å². The van der Waals surface area contributed by atoms with E-state index in [0.717, 1.165) is 31.9 Å². The number of nitrogens with one attached hydrogen (secondary N) is 1. The molecule has 0 amide bonds. The maximum absolute atomic E-state index is 10.6. The van der Waals surface area contributed by atoms with Crippen molar-refractivity contribution in [2.75, 3.05) is 43.0 Å². The van der Waals surface area contributed by atoms with Crippen LogP contribution in [0.3, 0.4) is 0 Å². The molecule has 2 heterocycles. The number of carbonyl (C=O) groups is 1. The molecule has 1 aliphatic heterocycles. The van der Waals surface area contributed by atoms with Crippen LogP contribution in [0, 0.1) is 0 Å². The molecule has 1 saturated heterocycles. The SMILES string of the molecule is O=C(O)c1ccc(NCCN2CCSCC2)cn1. The Kier molecular flexibility index (Phi) is 4.83. The van der Waals surface area contributed by atoms with E-state index in [-0.39, 0.29) is 5.69 Å². The van der Waals surface area contributed by atoms with Gasteiger partial charge in [0.2, 0.25) is 0 Å². The van der Waals surface area contributed by atoms with Gasteiger partial charge in [-0.3, -0.25) is 4.90 Å². The summed E-state index contributed by atoms with van der Waals surface area (Å²) in [5, 5.41) is 12.0. The van der Waals surface area contributed by atoms with Crippen LogP contribution in [0.25, 0.3) is 0 Å². The van der Waals surface area contributed by atoms with Gasteiger partial charge in [0, 0.05) is 37.7 Å². The van der Waals surface area contributed by atoms with E-state index in [2.05, 4.69) is 15.2 Å². The Hall–Kier alpha value is -1.27. The summed E-state index contributed by atoms with van der Waals surface area (Å²) in [6, 6.07) is 3.27. The van der Waals surface area contributed by atoms with E-state index in [4.69, 9.17) is 5.11 Å². The van der Waals surface area contributed by atoms with E-state index in [0.29, 0.717) is 0 Å². The Morgan fingerprint density at radius 3 is 2.83 bits per heavy atom. The van der Waals surface area contributed by atoms with Gasteiger partial charge in [0.25, 0.3) is 0 Å². The molecule has 1 aliphatic rings. The quantitative estimate of drug-likeness (QED) is 0.837. The highest BCUT2D eigenvalue weighted by atomic mass is 32.2. The molecule has 0 spiro atoms. The summed E-state index contributed by atoms with van der Waals surface area (Å²) >= 11 is 2.01. The standard InChI is InChI=1S/C12H17N3O2S/c16-12(17)11-2-1-10(9-14-11)13-3-4-15-5-7-18-8-6-15/h1-2,9,13H,3-8H2,(H,16,17). The minimum Gasteiger partial charge on any atom is -0.477 e. The molecule has 0 bridgehead atoms. The summed E-state index contributed by atoms with van der Waals surface area (Å²) in [6.45, 7) is 4.19. The first-order chi connectivity index (χ1) is 8.75. The summed E-state index contributed by atoms with van der Waals surface area (Å²) < 4.78 is 0. The predicted molar refractivity (Wildman–Crippen MR) is 73.5 cm³/mol. The van der Waals surface area contributed by atoms with Gasteiger partial charge in [-0.25, -0.2) is 9.78 Å². The summed E-state index contributed by atoms with van der Waals surface area (Å²) in [4.78, 5) is 16.9. The average Bonchev–Trinajstić information content (AvgIpc) is 2.40. The van der Waals surface area contributed by atoms with Gasteiger partial charge in [-0.1, -0.05) is 0 Å². The van der Waals surface area contributed by atoms with Crippen molar-refractivity contribution >= 4 is 23.4 Å². The lowest BCUT2D eigenvalue weighted by atomic mass is 10.3. The van der Waals surface area contributed by atoms with E-state index in [9.17, 15) is 4.79 Å². The Bertz CT molecular complexity index is 391. The van der Waals surface area contributed by atoms with Crippen LogP contribution in [0.4, 0.5) is 5.69 Å². The van der Waals surface area contributed by atoms with Crippen LogP contribution in [-0.2, 0) is 0 Å². The highest BCUT2D eigenvalue weighted by Gasteiger charge is 2.09. The van der Waals surface area contributed by atoms with E-state index >= 15 is 0 Å². The van der Waals surface area contributed by atoms with Crippen molar-refractivity contribution in [1.82, 2.24) is 9.88 Å². The van der Waals surface area contributed by atoms with Crippen LogP contribution in [-0.4, -0.2) is 58.6 Å². The zero-order chi connectivity index (χ0) is 12.8. The van der Waals surface area contributed by atoms with Crippen molar-refractivity contribution < 1.29 is 9.90 Å². The monoisotopic (exact) mass is 267 g/mol. The highest BCUT2D eigenvalue weighted by molar-refractivity contribution is 7.99. The summed E-state index contributed by atoms with van der Waals surface area (Å²) in [6.07, 6.45) is 1.56. The van der Waals surface area contributed by atoms with Gasteiger partial charge in [0.05, 0.1) is 11.9 Å². The first-order valence-electron chi connectivity index (χ1n) is 5.99. The van der Waals surface area contributed by atoms with Gasteiger partial charge in [0.1, 0.15) is 5.69 Å². The summed E-state index contributed by atoms with van der Waals surface area (Å²) in [7, 11) is 0. The third-order valence-corrected chi connectivity index (χ3v) is 3.79. The number of thioether (sulfide) groups is 1. The number of aromatic carboxylic acids is 1. The molecule has 2 rings (SSSR count). The lowest BCUT2D eigenvalue weighted by molar-refractivity contribution is 0.0690. The smallest absolute Gasteiger partial charge is 0.354 e. The third kappa shape index (κ3) is 3.89. The van der Waals surface area contributed by atoms with Gasteiger partial charge < -0.3 is 10.4 Å². The Balaban J connectivity index is 1.74. The molecule has 0 aliphatic carbocycles. The van der Waals surface area contributed by atoms with Gasteiger partial charge in [0.15, 0.2) is 0 Å². The molecule has 0 unspecified atom stereocenters. The summed E-state index contributed by atoms with van der Waals surface area (Å²) in [5.41, 5.74) is 0.944. The van der Waals surface area contributed by atoms with Crippen LogP contribution in [0.5, 0.6) is 0 Å². The molecule has 1 aromatic rings. The highest BCUT2D eigenvalue weighted by Crippen LogP contribution is 2.09. The second-order valence-electron chi connectivity index (χ2n) is 4.12. The molecule has 6 heteroatoms. The normalized spacial score (nSPS) is 16.4. The maximum Gasteiger partial charge on any atom is 0.354 e. The molecular formula is C12H17N3O2S. The molecule has 5 nitrogen and oxygen atoms in total. The third-order valence-electron chi connectivity index (χ3n) is 2.84. The van der Waals surface area contributed by atoms with Crippen LogP contribution in [0.1, 0.15) is 10.5 Å². The van der Waals surface area contributed by atoms with Gasteiger partial charge >= 0.3 is 5.97 Å². The number of nitrogens with zero attached hydrogens (tertiary/aromatic N) is 2. The number of carboxylic acid groups (broad SMARTS) is 1. The van der Waals surface area contributed by atoms with Crippen LogP contribution in [0.15, 0.2) is 18.3 Å². The average molecular weight is 267 g/mol. The molecule has 18 heavy (non-hydrogen) atoms. The molecule has 2 N–H and O–H groups in total. The van der Waals surface area contributed by atoms with Crippen LogP contribution < -0.4 is 5.32 Å². The minimum absolute atomic E-state index is 0.0774. The van der Waals surface area contributed by atoms with Gasteiger partial charge in [-0.15, -0.1) is 0 Å². The van der Waals surface area contributed by atoms with E-state index < -0.39 is 5.97 Å². The number of hydrogen-bond acceptors (Lipinski definition) is 5. The largest absolute Gasteiger partial charge is 0.477 e. The molecule has 1 fully saturated rings. The van der Waals surface area contributed by atoms with Crippen molar-refractivity contribution in [3.8, 4) is 0 Å². The predicted octanol–water partition coefficient (Wildman–Crippen LogP) is 1.24. The zero-order valence-electron chi connectivity index (χ0n) is 10.1. The lowest BCUT2D eigenvalue weighted by Crippen LogP contribution is -2.36. The van der Waals surface area contributed by atoms with E-state index in [1.165, 1.54) is 17.6 Å². The Morgan fingerprint density at radius 1 is 1.44 bits per heavy atom. The van der Waals surface area contributed by atoms with Crippen molar-refractivity contribution in [3.05, 3.63) is 24.0 Å². The number of rotatable bonds is 5. The topological polar surface area (TPSA) is 65.5 Å². The molecule has 98 valence electrons. The second-order valence-corrected chi connectivity index (χ2v) is 5.34. The first-order valence-corrected chi connectivity index (χ1v) is 7.14. The van der Waals surface area contributed by atoms with Crippen molar-refractivity contribution in [3.63, 3.8) is 0 Å². The minimum atomic E-state index is -0.993. The lowest BCUT2D eigenvalue weighted by Gasteiger charge is -2.26. The molecule has 0 radical (unpaired) electrons. The molecule has 0 atom stereocenters. The molecule has 0 saturated carbocycles. The molecule has 0 aromatic carbocycles. The van der Waals surface area contributed by atoms with Crippen molar-refractivity contribution in [2.45, 2.75) is 0 Å². The van der Waals surface area contributed by atoms with Gasteiger partial charge in [-0.2, -0.15) is 11.8 Å². The number of pyridine rings is 1. The fourth-order valence-electron chi connectivity index (χ4n) is 1.81. The zero-order valence-corrected chi connectivity index (χ0v) is 10.9.